The van der Waals surface area contributed by atoms with E-state index in [1.807, 2.05) is 0 Å². The second kappa shape index (κ2) is 7.13. The summed E-state index contributed by atoms with van der Waals surface area (Å²) in [5.41, 5.74) is 5.49. The third-order valence-electron chi connectivity index (χ3n) is 2.65. The number of carboxylic acid groups (broad SMARTS) is 1. The number of aliphatic carboxylic acids is 1. The molecule has 7 heteroatoms. The van der Waals surface area contributed by atoms with Gasteiger partial charge in [0, 0.05) is 6.42 Å². The number of amides is 2. The van der Waals surface area contributed by atoms with Crippen molar-refractivity contribution in [2.75, 3.05) is 0 Å². The Balaban J connectivity index is 2.52. The number of phenolic OH excluding ortho intramolecular Hbond substituents is 1. The third kappa shape index (κ3) is 4.97. The minimum absolute atomic E-state index is 0.000114. The SMILES string of the molecule is NC(=O)C[C@H](NC(=O)CCc1ccccc1O)C(=O)O. The van der Waals surface area contributed by atoms with E-state index in [0.29, 0.717) is 5.56 Å². The number of carboxylic acids is 1. The summed E-state index contributed by atoms with van der Waals surface area (Å²) in [5, 5.41) is 20.6. The van der Waals surface area contributed by atoms with Gasteiger partial charge in [0.15, 0.2) is 0 Å². The molecule has 2 amide bonds. The lowest BCUT2D eigenvalue weighted by Gasteiger charge is -2.12. The zero-order valence-electron chi connectivity index (χ0n) is 10.7. The quantitative estimate of drug-likeness (QED) is 0.548. The highest BCUT2D eigenvalue weighted by Crippen LogP contribution is 2.17. The molecule has 0 aliphatic carbocycles. The van der Waals surface area contributed by atoms with Gasteiger partial charge in [-0.05, 0) is 18.1 Å². The number of hydrogen-bond acceptors (Lipinski definition) is 4. The van der Waals surface area contributed by atoms with Gasteiger partial charge >= 0.3 is 5.97 Å². The molecular formula is C13H16N2O5. The number of carbonyl (C=O) groups excluding carboxylic acids is 2. The molecule has 0 aliphatic heterocycles. The monoisotopic (exact) mass is 280 g/mol. The summed E-state index contributed by atoms with van der Waals surface area (Å²) in [7, 11) is 0. The number of nitrogens with one attached hydrogen (secondary N) is 1. The van der Waals surface area contributed by atoms with Crippen LogP contribution in [0.3, 0.4) is 0 Å². The Hall–Kier alpha value is -2.57. The summed E-state index contributed by atoms with van der Waals surface area (Å²) >= 11 is 0. The third-order valence-corrected chi connectivity index (χ3v) is 2.65. The van der Waals surface area contributed by atoms with Crippen LogP contribution in [0.2, 0.25) is 0 Å². The highest BCUT2D eigenvalue weighted by Gasteiger charge is 2.21. The summed E-state index contributed by atoms with van der Waals surface area (Å²) < 4.78 is 0. The maximum atomic E-state index is 11.6. The van der Waals surface area contributed by atoms with Gasteiger partial charge in [0.25, 0.3) is 0 Å². The highest BCUT2D eigenvalue weighted by molar-refractivity contribution is 5.88. The Morgan fingerprint density at radius 3 is 2.45 bits per heavy atom. The van der Waals surface area contributed by atoms with Crippen molar-refractivity contribution in [3.05, 3.63) is 29.8 Å². The number of primary amides is 1. The molecule has 0 fully saturated rings. The molecule has 0 bridgehead atoms. The van der Waals surface area contributed by atoms with Crippen LogP contribution in [-0.4, -0.2) is 34.0 Å². The minimum atomic E-state index is -1.33. The number of rotatable bonds is 7. The van der Waals surface area contributed by atoms with E-state index in [2.05, 4.69) is 5.32 Å². The van der Waals surface area contributed by atoms with Crippen LogP contribution >= 0.6 is 0 Å². The number of aryl methyl sites for hydroxylation is 1. The molecule has 0 heterocycles. The van der Waals surface area contributed by atoms with E-state index < -0.39 is 30.2 Å². The number of nitrogens with two attached hydrogens (primary N) is 1. The summed E-state index contributed by atoms with van der Waals surface area (Å²) in [6.45, 7) is 0. The van der Waals surface area contributed by atoms with E-state index >= 15 is 0 Å². The zero-order valence-corrected chi connectivity index (χ0v) is 10.7. The van der Waals surface area contributed by atoms with Gasteiger partial charge in [0.05, 0.1) is 6.42 Å². The Kier molecular flexibility index (Phi) is 5.52. The Bertz CT molecular complexity index is 515. The molecule has 0 unspecified atom stereocenters. The first-order valence-corrected chi connectivity index (χ1v) is 5.97. The normalized spacial score (nSPS) is 11.6. The number of aromatic hydroxyl groups is 1. The zero-order chi connectivity index (χ0) is 15.1. The largest absolute Gasteiger partial charge is 0.508 e. The van der Waals surface area contributed by atoms with Crippen molar-refractivity contribution in [1.82, 2.24) is 5.32 Å². The molecule has 5 N–H and O–H groups in total. The first kappa shape index (κ1) is 15.5. The van der Waals surface area contributed by atoms with Gasteiger partial charge in [0.1, 0.15) is 11.8 Å². The average molecular weight is 280 g/mol. The standard InChI is InChI=1S/C13H16N2O5/c14-11(17)7-9(13(19)20)15-12(18)6-5-8-3-1-2-4-10(8)16/h1-4,9,16H,5-7H2,(H2,14,17)(H,15,18)(H,19,20)/t9-/m0/s1. The Labute approximate surface area is 115 Å². The first-order chi connectivity index (χ1) is 9.40. The van der Waals surface area contributed by atoms with Crippen molar-refractivity contribution in [3.8, 4) is 5.75 Å². The van der Waals surface area contributed by atoms with Crippen LogP contribution in [-0.2, 0) is 20.8 Å². The fraction of sp³-hybridized carbons (Fsp3) is 0.308. The first-order valence-electron chi connectivity index (χ1n) is 5.97. The highest BCUT2D eigenvalue weighted by atomic mass is 16.4. The maximum Gasteiger partial charge on any atom is 0.326 e. The van der Waals surface area contributed by atoms with E-state index in [0.717, 1.165) is 0 Å². The number of phenols is 1. The van der Waals surface area contributed by atoms with Crippen molar-refractivity contribution in [1.29, 1.82) is 0 Å². The number of carbonyl (C=O) groups is 3. The van der Waals surface area contributed by atoms with Crippen molar-refractivity contribution >= 4 is 17.8 Å². The van der Waals surface area contributed by atoms with Crippen LogP contribution in [0.15, 0.2) is 24.3 Å². The Morgan fingerprint density at radius 2 is 1.90 bits per heavy atom. The molecule has 20 heavy (non-hydrogen) atoms. The predicted molar refractivity (Wildman–Crippen MR) is 69.8 cm³/mol. The molecule has 0 saturated heterocycles. The fourth-order valence-electron chi connectivity index (χ4n) is 1.64. The van der Waals surface area contributed by atoms with Crippen LogP contribution in [0.4, 0.5) is 0 Å². The molecule has 0 spiro atoms. The van der Waals surface area contributed by atoms with Crippen molar-refractivity contribution < 1.29 is 24.6 Å². The van der Waals surface area contributed by atoms with Crippen LogP contribution in [0, 0.1) is 0 Å². The smallest absolute Gasteiger partial charge is 0.326 e. The lowest BCUT2D eigenvalue weighted by molar-refractivity contribution is -0.143. The van der Waals surface area contributed by atoms with E-state index in [4.69, 9.17) is 10.8 Å². The van der Waals surface area contributed by atoms with Gasteiger partial charge < -0.3 is 21.3 Å². The van der Waals surface area contributed by atoms with E-state index in [1.165, 1.54) is 6.07 Å². The van der Waals surface area contributed by atoms with Gasteiger partial charge in [-0.1, -0.05) is 18.2 Å². The molecule has 1 atom stereocenters. The van der Waals surface area contributed by atoms with E-state index in [9.17, 15) is 19.5 Å². The van der Waals surface area contributed by atoms with Gasteiger partial charge in [-0.2, -0.15) is 0 Å². The predicted octanol–water partition coefficient (Wildman–Crippen LogP) is -0.230. The Morgan fingerprint density at radius 1 is 1.25 bits per heavy atom. The van der Waals surface area contributed by atoms with Gasteiger partial charge in [-0.25, -0.2) is 4.79 Å². The molecule has 0 saturated carbocycles. The molecule has 1 aromatic carbocycles. The number of benzene rings is 1. The summed E-state index contributed by atoms with van der Waals surface area (Å²) in [6.07, 6.45) is -0.195. The van der Waals surface area contributed by atoms with E-state index in [1.54, 1.807) is 18.2 Å². The number of para-hydroxylation sites is 1. The van der Waals surface area contributed by atoms with Gasteiger partial charge in [0.2, 0.25) is 11.8 Å². The molecule has 1 rings (SSSR count). The van der Waals surface area contributed by atoms with Crippen LogP contribution in [0.5, 0.6) is 5.75 Å². The van der Waals surface area contributed by atoms with Gasteiger partial charge in [-0.15, -0.1) is 0 Å². The molecule has 108 valence electrons. The summed E-state index contributed by atoms with van der Waals surface area (Å²) in [4.78, 5) is 33.1. The van der Waals surface area contributed by atoms with Crippen LogP contribution < -0.4 is 11.1 Å². The molecule has 7 nitrogen and oxygen atoms in total. The van der Waals surface area contributed by atoms with E-state index in [-0.39, 0.29) is 18.6 Å². The molecule has 0 aromatic heterocycles. The second-order valence-corrected chi connectivity index (χ2v) is 4.26. The summed E-state index contributed by atoms with van der Waals surface area (Å²) in [6, 6.07) is 5.22. The van der Waals surface area contributed by atoms with Gasteiger partial charge in [-0.3, -0.25) is 9.59 Å². The lowest BCUT2D eigenvalue weighted by atomic mass is 10.1. The topological polar surface area (TPSA) is 130 Å². The van der Waals surface area contributed by atoms with Crippen LogP contribution in [0.1, 0.15) is 18.4 Å². The van der Waals surface area contributed by atoms with Crippen molar-refractivity contribution in [2.24, 2.45) is 5.73 Å². The minimum Gasteiger partial charge on any atom is -0.508 e. The average Bonchev–Trinajstić information content (AvgIpc) is 2.36. The molecule has 0 aliphatic rings. The van der Waals surface area contributed by atoms with Crippen LogP contribution in [0.25, 0.3) is 0 Å². The molecular weight excluding hydrogens is 264 g/mol. The fourth-order valence-corrected chi connectivity index (χ4v) is 1.64. The van der Waals surface area contributed by atoms with Crippen molar-refractivity contribution in [3.63, 3.8) is 0 Å². The number of hydrogen-bond donors (Lipinski definition) is 4. The summed E-state index contributed by atoms with van der Waals surface area (Å²) in [5.74, 6) is -2.58. The lowest BCUT2D eigenvalue weighted by Crippen LogP contribution is -2.43. The molecule has 1 aromatic rings. The maximum absolute atomic E-state index is 11.6. The van der Waals surface area contributed by atoms with Crippen molar-refractivity contribution in [2.45, 2.75) is 25.3 Å². The molecule has 0 radical (unpaired) electrons. The second-order valence-electron chi connectivity index (χ2n) is 4.26.